The van der Waals surface area contributed by atoms with Crippen molar-refractivity contribution in [2.45, 2.75) is 13.3 Å². The Morgan fingerprint density at radius 2 is 1.10 bits per heavy atom. The third-order valence-corrected chi connectivity index (χ3v) is 1.65. The van der Waals surface area contributed by atoms with Crippen LogP contribution in [0.15, 0.2) is 36.4 Å². The SMILES string of the molecule is CCCBr.c1ccccc1. The molecule has 1 rings (SSSR count). The van der Waals surface area contributed by atoms with Crippen LogP contribution in [0.1, 0.15) is 13.3 Å². The molecule has 0 aromatic heterocycles. The Morgan fingerprint density at radius 1 is 0.900 bits per heavy atom. The Balaban J connectivity index is 0.000000180. The van der Waals surface area contributed by atoms with Crippen LogP contribution < -0.4 is 0 Å². The van der Waals surface area contributed by atoms with Gasteiger partial charge in [-0.3, -0.25) is 0 Å². The van der Waals surface area contributed by atoms with Gasteiger partial charge in [0, 0.05) is 5.33 Å². The van der Waals surface area contributed by atoms with E-state index in [0.717, 1.165) is 5.33 Å². The maximum atomic E-state index is 3.25. The molecule has 56 valence electrons. The van der Waals surface area contributed by atoms with Gasteiger partial charge in [-0.15, -0.1) is 0 Å². The second-order valence-electron chi connectivity index (χ2n) is 1.84. The van der Waals surface area contributed by atoms with Gasteiger partial charge in [-0.2, -0.15) is 0 Å². The van der Waals surface area contributed by atoms with Crippen molar-refractivity contribution < 1.29 is 0 Å². The third kappa shape index (κ3) is 7.70. The fourth-order valence-corrected chi connectivity index (χ4v) is 0.385. The largest absolute Gasteiger partial charge is 0.0928 e. The Hall–Kier alpha value is -0.300. The molecule has 0 aliphatic heterocycles. The molecule has 0 bridgehead atoms. The van der Waals surface area contributed by atoms with Crippen LogP contribution in [0.4, 0.5) is 0 Å². The lowest BCUT2D eigenvalue weighted by atomic mass is 10.4. The minimum Gasteiger partial charge on any atom is -0.0928 e. The van der Waals surface area contributed by atoms with Crippen molar-refractivity contribution in [2.24, 2.45) is 0 Å². The molecule has 0 radical (unpaired) electrons. The molecule has 0 saturated heterocycles. The molecule has 0 saturated carbocycles. The van der Waals surface area contributed by atoms with E-state index in [-0.39, 0.29) is 0 Å². The minimum atomic E-state index is 1.13. The molecule has 0 aliphatic rings. The second kappa shape index (κ2) is 8.70. The number of halogens is 1. The molecule has 0 fully saturated rings. The van der Waals surface area contributed by atoms with E-state index in [1.54, 1.807) is 0 Å². The summed E-state index contributed by atoms with van der Waals surface area (Å²) in [6.07, 6.45) is 1.24. The predicted octanol–water partition coefficient (Wildman–Crippen LogP) is 3.48. The first-order valence-electron chi connectivity index (χ1n) is 3.47. The molecule has 0 heterocycles. The average Bonchev–Trinajstić information content (AvgIpc) is 2.08. The Labute approximate surface area is 71.4 Å². The monoisotopic (exact) mass is 200 g/mol. The van der Waals surface area contributed by atoms with Gasteiger partial charge in [-0.25, -0.2) is 0 Å². The van der Waals surface area contributed by atoms with E-state index in [0.29, 0.717) is 0 Å². The van der Waals surface area contributed by atoms with Gasteiger partial charge >= 0.3 is 0 Å². The summed E-state index contributed by atoms with van der Waals surface area (Å²) < 4.78 is 0. The second-order valence-corrected chi connectivity index (χ2v) is 2.64. The maximum absolute atomic E-state index is 3.25. The van der Waals surface area contributed by atoms with Crippen molar-refractivity contribution in [3.63, 3.8) is 0 Å². The Bertz CT molecular complexity index is 96.7. The summed E-state index contributed by atoms with van der Waals surface area (Å²) >= 11 is 3.25. The first-order chi connectivity index (χ1) is 4.91. The van der Waals surface area contributed by atoms with E-state index < -0.39 is 0 Å². The smallest absolute Gasteiger partial charge is 0.00286 e. The Kier molecular flexibility index (Phi) is 8.44. The molecule has 0 N–H and O–H groups in total. The van der Waals surface area contributed by atoms with Crippen LogP contribution in [-0.2, 0) is 0 Å². The molecule has 0 unspecified atom stereocenters. The fraction of sp³-hybridized carbons (Fsp3) is 0.333. The van der Waals surface area contributed by atoms with Crippen molar-refractivity contribution in [1.82, 2.24) is 0 Å². The number of benzene rings is 1. The number of hydrogen-bond donors (Lipinski definition) is 0. The standard InChI is InChI=1S/C6H6.C3H7Br/c1-2-4-6-5-3-1;1-2-3-4/h1-6H;2-3H2,1H3. The molecule has 0 spiro atoms. The van der Waals surface area contributed by atoms with Crippen LogP contribution in [0.25, 0.3) is 0 Å². The lowest BCUT2D eigenvalue weighted by Crippen LogP contribution is -1.54. The van der Waals surface area contributed by atoms with Crippen LogP contribution in [0.2, 0.25) is 0 Å². The van der Waals surface area contributed by atoms with Crippen molar-refractivity contribution in [3.05, 3.63) is 36.4 Å². The average molecular weight is 201 g/mol. The van der Waals surface area contributed by atoms with E-state index >= 15 is 0 Å². The zero-order chi connectivity index (χ0) is 7.66. The predicted molar refractivity (Wildman–Crippen MR) is 50.5 cm³/mol. The van der Waals surface area contributed by atoms with Crippen molar-refractivity contribution in [3.8, 4) is 0 Å². The molecular formula is C9H13Br. The molecule has 1 aromatic rings. The van der Waals surface area contributed by atoms with E-state index in [4.69, 9.17) is 0 Å². The van der Waals surface area contributed by atoms with Gasteiger partial charge in [-0.05, 0) is 6.42 Å². The van der Waals surface area contributed by atoms with Gasteiger partial charge in [0.1, 0.15) is 0 Å². The van der Waals surface area contributed by atoms with Crippen LogP contribution >= 0.6 is 15.9 Å². The highest BCUT2D eigenvalue weighted by Crippen LogP contribution is 1.80. The quantitative estimate of drug-likeness (QED) is 0.610. The van der Waals surface area contributed by atoms with Gasteiger partial charge in [0.15, 0.2) is 0 Å². The number of hydrogen-bond acceptors (Lipinski definition) is 0. The van der Waals surface area contributed by atoms with E-state index in [1.165, 1.54) is 6.42 Å². The third-order valence-electron chi connectivity index (χ3n) is 0.856. The normalized spacial score (nSPS) is 7.80. The van der Waals surface area contributed by atoms with Gasteiger partial charge in [0.25, 0.3) is 0 Å². The van der Waals surface area contributed by atoms with Crippen LogP contribution in [0.5, 0.6) is 0 Å². The van der Waals surface area contributed by atoms with Crippen molar-refractivity contribution >= 4 is 15.9 Å². The number of alkyl halides is 1. The molecule has 0 nitrogen and oxygen atoms in total. The summed E-state index contributed by atoms with van der Waals surface area (Å²) in [4.78, 5) is 0. The summed E-state index contributed by atoms with van der Waals surface area (Å²) in [5.74, 6) is 0. The minimum absolute atomic E-state index is 1.13. The molecule has 10 heavy (non-hydrogen) atoms. The first kappa shape index (κ1) is 9.70. The summed E-state index contributed by atoms with van der Waals surface area (Å²) in [6, 6.07) is 12.0. The summed E-state index contributed by atoms with van der Waals surface area (Å²) in [7, 11) is 0. The van der Waals surface area contributed by atoms with Crippen LogP contribution in [0, 0.1) is 0 Å². The molecule has 1 aromatic carbocycles. The lowest BCUT2D eigenvalue weighted by molar-refractivity contribution is 1.12. The van der Waals surface area contributed by atoms with Gasteiger partial charge in [-0.1, -0.05) is 59.3 Å². The molecule has 0 amide bonds. The van der Waals surface area contributed by atoms with E-state index in [1.807, 2.05) is 36.4 Å². The van der Waals surface area contributed by atoms with E-state index in [2.05, 4.69) is 22.9 Å². The van der Waals surface area contributed by atoms with Gasteiger partial charge in [0.05, 0.1) is 0 Å². The van der Waals surface area contributed by atoms with Gasteiger partial charge < -0.3 is 0 Å². The van der Waals surface area contributed by atoms with Crippen LogP contribution in [-0.4, -0.2) is 5.33 Å². The molecule has 1 heteroatoms. The number of rotatable bonds is 1. The highest BCUT2D eigenvalue weighted by atomic mass is 79.9. The van der Waals surface area contributed by atoms with Crippen molar-refractivity contribution in [1.29, 1.82) is 0 Å². The zero-order valence-electron chi connectivity index (χ0n) is 6.26. The van der Waals surface area contributed by atoms with Crippen molar-refractivity contribution in [2.75, 3.05) is 5.33 Å². The molecule has 0 atom stereocenters. The molecule has 0 aliphatic carbocycles. The van der Waals surface area contributed by atoms with E-state index in [9.17, 15) is 0 Å². The summed E-state index contributed by atoms with van der Waals surface area (Å²) in [5.41, 5.74) is 0. The zero-order valence-corrected chi connectivity index (χ0v) is 7.84. The topological polar surface area (TPSA) is 0 Å². The van der Waals surface area contributed by atoms with Gasteiger partial charge in [0.2, 0.25) is 0 Å². The maximum Gasteiger partial charge on any atom is 0.00286 e. The lowest BCUT2D eigenvalue weighted by Gasteiger charge is -1.69. The highest BCUT2D eigenvalue weighted by Gasteiger charge is 1.58. The highest BCUT2D eigenvalue weighted by molar-refractivity contribution is 9.09. The summed E-state index contributed by atoms with van der Waals surface area (Å²) in [6.45, 7) is 2.13. The first-order valence-corrected chi connectivity index (χ1v) is 4.60. The van der Waals surface area contributed by atoms with Crippen LogP contribution in [0.3, 0.4) is 0 Å². The fourth-order valence-electron chi connectivity index (χ4n) is 0.385. The Morgan fingerprint density at radius 3 is 1.20 bits per heavy atom. The summed E-state index contributed by atoms with van der Waals surface area (Å²) in [5, 5.41) is 1.13. The molecular weight excluding hydrogens is 188 g/mol.